The lowest BCUT2D eigenvalue weighted by molar-refractivity contribution is -0.660. The van der Waals surface area contributed by atoms with Crippen LogP contribution in [0.25, 0.3) is 33.2 Å². The maximum Gasteiger partial charge on any atom is 0.213 e. The van der Waals surface area contributed by atoms with Gasteiger partial charge in [-0.15, -0.1) is 0 Å². The summed E-state index contributed by atoms with van der Waals surface area (Å²) in [6, 6.07) is 18.1. The molecule has 0 unspecified atom stereocenters. The quantitative estimate of drug-likeness (QED) is 0.493. The summed E-state index contributed by atoms with van der Waals surface area (Å²) >= 11 is 0. The number of furan rings is 1. The second-order valence-electron chi connectivity index (χ2n) is 5.75. The van der Waals surface area contributed by atoms with Crippen molar-refractivity contribution in [1.82, 2.24) is 0 Å². The van der Waals surface area contributed by atoms with Crippen LogP contribution in [-0.4, -0.2) is 0 Å². The van der Waals surface area contributed by atoms with Crippen molar-refractivity contribution in [2.75, 3.05) is 0 Å². The van der Waals surface area contributed by atoms with Crippen molar-refractivity contribution in [3.63, 3.8) is 0 Å². The Kier molecular flexibility index (Phi) is 2.92. The molecule has 2 aromatic heterocycles. The molecule has 4 rings (SSSR count). The van der Waals surface area contributed by atoms with E-state index < -0.39 is 0 Å². The third-order valence-corrected chi connectivity index (χ3v) is 4.29. The van der Waals surface area contributed by atoms with Gasteiger partial charge < -0.3 is 4.42 Å². The van der Waals surface area contributed by atoms with Gasteiger partial charge in [0.1, 0.15) is 18.2 Å². The van der Waals surface area contributed by atoms with E-state index in [1.54, 1.807) is 6.07 Å². The smallest absolute Gasteiger partial charge is 0.213 e. The summed E-state index contributed by atoms with van der Waals surface area (Å²) in [5, 5.41) is 11.2. The van der Waals surface area contributed by atoms with Crippen LogP contribution in [0.5, 0.6) is 0 Å². The second-order valence-corrected chi connectivity index (χ2v) is 5.75. The highest BCUT2D eigenvalue weighted by molar-refractivity contribution is 6.12. The lowest BCUT2D eigenvalue weighted by atomic mass is 9.98. The minimum Gasteiger partial charge on any atom is -0.456 e. The van der Waals surface area contributed by atoms with E-state index in [0.29, 0.717) is 5.56 Å². The van der Waals surface area contributed by atoms with Crippen LogP contribution in [0.15, 0.2) is 59.1 Å². The highest BCUT2D eigenvalue weighted by Crippen LogP contribution is 2.37. The molecule has 4 aromatic rings. The first-order valence-electron chi connectivity index (χ1n) is 7.50. The zero-order valence-corrected chi connectivity index (χ0v) is 13.0. The minimum atomic E-state index is 0.611. The molecule has 3 heteroatoms. The van der Waals surface area contributed by atoms with Crippen molar-refractivity contribution in [2.45, 2.75) is 6.92 Å². The molecule has 0 saturated heterocycles. The first kappa shape index (κ1) is 13.5. The Morgan fingerprint density at radius 3 is 2.70 bits per heavy atom. The Labute approximate surface area is 134 Å². The predicted octanol–water partition coefficient (Wildman–Crippen LogP) is 4.26. The molecule has 3 nitrogen and oxygen atoms in total. The van der Waals surface area contributed by atoms with Gasteiger partial charge in [-0.25, -0.2) is 4.57 Å². The summed E-state index contributed by atoms with van der Waals surface area (Å²) in [5.74, 6) is 0. The van der Waals surface area contributed by atoms with Crippen molar-refractivity contribution in [1.29, 1.82) is 5.26 Å². The van der Waals surface area contributed by atoms with Gasteiger partial charge in [0.2, 0.25) is 5.69 Å². The second kappa shape index (κ2) is 4.96. The largest absolute Gasteiger partial charge is 0.456 e. The molecular weight excluding hydrogens is 284 g/mol. The fourth-order valence-corrected chi connectivity index (χ4v) is 3.15. The van der Waals surface area contributed by atoms with Gasteiger partial charge in [0, 0.05) is 22.9 Å². The molecule has 2 aromatic carbocycles. The molecule has 0 bridgehead atoms. The van der Waals surface area contributed by atoms with E-state index in [0.717, 1.165) is 27.6 Å². The van der Waals surface area contributed by atoms with Crippen LogP contribution in [-0.2, 0) is 7.05 Å². The van der Waals surface area contributed by atoms with Gasteiger partial charge in [-0.1, -0.05) is 6.07 Å². The number of nitrogens with zero attached hydrogens (tertiary/aromatic N) is 2. The summed E-state index contributed by atoms with van der Waals surface area (Å²) in [6.07, 6.45) is 2.05. The Morgan fingerprint density at radius 2 is 1.91 bits per heavy atom. The fourth-order valence-electron chi connectivity index (χ4n) is 3.15. The number of nitriles is 1. The van der Waals surface area contributed by atoms with Crippen molar-refractivity contribution in [3.05, 3.63) is 65.9 Å². The van der Waals surface area contributed by atoms with E-state index in [1.165, 1.54) is 11.1 Å². The summed E-state index contributed by atoms with van der Waals surface area (Å²) in [6.45, 7) is 2.12. The van der Waals surface area contributed by atoms with E-state index >= 15 is 0 Å². The van der Waals surface area contributed by atoms with E-state index in [2.05, 4.69) is 29.7 Å². The van der Waals surface area contributed by atoms with E-state index in [-0.39, 0.29) is 0 Å². The molecule has 0 spiro atoms. The maximum atomic E-state index is 9.09. The van der Waals surface area contributed by atoms with Crippen LogP contribution in [0.4, 0.5) is 0 Å². The molecule has 0 aliphatic heterocycles. The first-order valence-corrected chi connectivity index (χ1v) is 7.50. The third-order valence-electron chi connectivity index (χ3n) is 4.29. The number of benzene rings is 2. The monoisotopic (exact) mass is 299 g/mol. The molecule has 110 valence electrons. The lowest BCUT2D eigenvalue weighted by Gasteiger charge is -2.06. The lowest BCUT2D eigenvalue weighted by Crippen LogP contribution is -2.30. The highest BCUT2D eigenvalue weighted by atomic mass is 16.3. The maximum absolute atomic E-state index is 9.09. The SMILES string of the molecule is Cc1ccc2oc3cc(C#N)ccc3c2c1-c1cccc[n+]1C. The zero-order chi connectivity index (χ0) is 16.0. The number of fused-ring (bicyclic) bond motifs is 3. The number of hydrogen-bond donors (Lipinski definition) is 0. The fraction of sp³-hybridized carbons (Fsp3) is 0.100. The van der Waals surface area contributed by atoms with Gasteiger partial charge in [-0.3, -0.25) is 0 Å². The normalized spacial score (nSPS) is 11.0. The van der Waals surface area contributed by atoms with E-state index in [4.69, 9.17) is 9.68 Å². The van der Waals surface area contributed by atoms with Gasteiger partial charge in [-0.05, 0) is 42.8 Å². The van der Waals surface area contributed by atoms with Crippen molar-refractivity contribution >= 4 is 21.9 Å². The average Bonchev–Trinajstić information content (AvgIpc) is 2.93. The summed E-state index contributed by atoms with van der Waals surface area (Å²) in [4.78, 5) is 0. The van der Waals surface area contributed by atoms with Gasteiger partial charge in [0.05, 0.1) is 17.2 Å². The van der Waals surface area contributed by atoms with E-state index in [1.807, 2.05) is 43.6 Å². The van der Waals surface area contributed by atoms with Gasteiger partial charge in [-0.2, -0.15) is 5.26 Å². The van der Waals surface area contributed by atoms with E-state index in [9.17, 15) is 0 Å². The Morgan fingerprint density at radius 1 is 1.04 bits per heavy atom. The van der Waals surface area contributed by atoms with Crippen LogP contribution >= 0.6 is 0 Å². The molecule has 0 N–H and O–H groups in total. The Balaban J connectivity index is 2.17. The Hall–Kier alpha value is -3.12. The average molecular weight is 299 g/mol. The topological polar surface area (TPSA) is 40.8 Å². The van der Waals surface area contributed by atoms with Crippen LogP contribution < -0.4 is 4.57 Å². The van der Waals surface area contributed by atoms with Crippen molar-refractivity contribution in [3.8, 4) is 17.3 Å². The third kappa shape index (κ3) is 2.00. The van der Waals surface area contributed by atoms with Gasteiger partial charge in [0.25, 0.3) is 0 Å². The molecular formula is C20H15N2O+. The molecule has 0 fully saturated rings. The van der Waals surface area contributed by atoms with Crippen molar-refractivity contribution in [2.24, 2.45) is 7.05 Å². The van der Waals surface area contributed by atoms with Crippen LogP contribution in [0.1, 0.15) is 11.1 Å². The molecule has 0 radical (unpaired) electrons. The zero-order valence-electron chi connectivity index (χ0n) is 13.0. The number of rotatable bonds is 1. The number of aromatic nitrogens is 1. The van der Waals surface area contributed by atoms with Crippen LogP contribution in [0, 0.1) is 18.3 Å². The van der Waals surface area contributed by atoms with Gasteiger partial charge >= 0.3 is 0 Å². The molecule has 0 amide bonds. The standard InChI is InChI=1S/C20H15N2O/c1-13-6-9-17-20(19(13)16-5-3-4-10-22(16)2)15-8-7-14(12-21)11-18(15)23-17/h3-11H,1-2H3/q+1. The summed E-state index contributed by atoms with van der Waals surface area (Å²) in [7, 11) is 2.05. The first-order chi connectivity index (χ1) is 11.2. The molecule has 0 saturated carbocycles. The number of hydrogen-bond acceptors (Lipinski definition) is 2. The minimum absolute atomic E-state index is 0.611. The summed E-state index contributed by atoms with van der Waals surface area (Å²) < 4.78 is 8.11. The molecule has 2 heterocycles. The number of pyridine rings is 1. The molecule has 0 atom stereocenters. The summed E-state index contributed by atoms with van der Waals surface area (Å²) in [5.41, 5.74) is 5.73. The molecule has 23 heavy (non-hydrogen) atoms. The van der Waals surface area contributed by atoms with Crippen LogP contribution in [0.2, 0.25) is 0 Å². The van der Waals surface area contributed by atoms with Crippen molar-refractivity contribution < 1.29 is 8.98 Å². The Bertz CT molecular complexity index is 1100. The molecule has 0 aliphatic carbocycles. The van der Waals surface area contributed by atoms with Crippen LogP contribution in [0.3, 0.4) is 0 Å². The highest BCUT2D eigenvalue weighted by Gasteiger charge is 2.19. The van der Waals surface area contributed by atoms with Gasteiger partial charge in [0.15, 0.2) is 6.20 Å². The molecule has 0 aliphatic rings. The number of aryl methyl sites for hydroxylation is 2. The predicted molar refractivity (Wildman–Crippen MR) is 89.8 cm³/mol.